The van der Waals surface area contributed by atoms with Crippen LogP contribution in [0.15, 0.2) is 36.4 Å². The van der Waals surface area contributed by atoms with Crippen LogP contribution in [0, 0.1) is 0 Å². The maximum Gasteiger partial charge on any atom is 0.0466 e. The summed E-state index contributed by atoms with van der Waals surface area (Å²) < 4.78 is 0. The molecule has 0 atom stereocenters. The summed E-state index contributed by atoms with van der Waals surface area (Å²) in [5.74, 6) is 0. The molecule has 2 aromatic rings. The summed E-state index contributed by atoms with van der Waals surface area (Å²) >= 11 is 0. The fourth-order valence-corrected chi connectivity index (χ4v) is 6.87. The van der Waals surface area contributed by atoms with Crippen LogP contribution in [0.2, 0.25) is 0 Å². The zero-order chi connectivity index (χ0) is 31.5. The molecule has 2 heteroatoms. The molecule has 0 unspecified atom stereocenters. The van der Waals surface area contributed by atoms with Crippen molar-refractivity contribution in [2.45, 2.75) is 182 Å². The van der Waals surface area contributed by atoms with E-state index in [-0.39, 0.29) is 0 Å². The predicted octanol–water partition coefficient (Wildman–Crippen LogP) is 13.9. The van der Waals surface area contributed by atoms with Gasteiger partial charge in [0.05, 0.1) is 0 Å². The van der Waals surface area contributed by atoms with E-state index in [0.29, 0.717) is 0 Å². The second kappa shape index (κ2) is 26.5. The van der Waals surface area contributed by atoms with Gasteiger partial charge in [-0.2, -0.15) is 0 Å². The molecule has 0 aliphatic rings. The monoisotopic (exact) mass is 607 g/mol. The maximum absolute atomic E-state index is 2.79. The quantitative estimate of drug-likeness (QED) is 0.0816. The molecule has 2 nitrogen and oxygen atoms in total. The standard InChI is InChI=1S/C42H74N2/c1-5-9-13-17-21-25-35-43(36-26-22-18-14-10-6-2)40-33-29-31-39-32-30-34-41(42(39)40)44(37-27-23-19-15-11-7-3)38-28-24-20-16-12-8-4/h29-34H,5-28,35-38H2,1-4H3. The van der Waals surface area contributed by atoms with Crippen LogP contribution in [-0.2, 0) is 0 Å². The van der Waals surface area contributed by atoms with Gasteiger partial charge in [-0.1, -0.05) is 180 Å². The highest BCUT2D eigenvalue weighted by Crippen LogP contribution is 2.36. The fourth-order valence-electron chi connectivity index (χ4n) is 6.87. The summed E-state index contributed by atoms with van der Waals surface area (Å²) in [7, 11) is 0. The third kappa shape index (κ3) is 16.0. The van der Waals surface area contributed by atoms with Crippen molar-refractivity contribution >= 4 is 22.1 Å². The Bertz CT molecular complexity index is 818. The van der Waals surface area contributed by atoms with E-state index in [2.05, 4.69) is 73.9 Å². The van der Waals surface area contributed by atoms with Crippen LogP contribution in [0.5, 0.6) is 0 Å². The Morgan fingerprint density at radius 3 is 0.909 bits per heavy atom. The fraction of sp³-hybridized carbons (Fsp3) is 0.762. The molecule has 0 bridgehead atoms. The van der Waals surface area contributed by atoms with Gasteiger partial charge in [-0.3, -0.25) is 0 Å². The molecular formula is C42H74N2. The molecule has 0 fully saturated rings. The van der Waals surface area contributed by atoms with Gasteiger partial charge in [0.25, 0.3) is 0 Å². The number of nitrogens with zero attached hydrogens (tertiary/aromatic N) is 2. The first-order chi connectivity index (χ1) is 21.8. The van der Waals surface area contributed by atoms with Crippen LogP contribution in [0.1, 0.15) is 182 Å². The summed E-state index contributed by atoms with van der Waals surface area (Å²) in [6.07, 6.45) is 32.8. The maximum atomic E-state index is 2.79. The minimum Gasteiger partial charge on any atom is -0.371 e. The summed E-state index contributed by atoms with van der Waals surface area (Å²) in [6, 6.07) is 14.3. The van der Waals surface area contributed by atoms with Crippen LogP contribution in [0.3, 0.4) is 0 Å². The summed E-state index contributed by atoms with van der Waals surface area (Å²) in [5.41, 5.74) is 2.99. The van der Waals surface area contributed by atoms with Crippen LogP contribution in [-0.4, -0.2) is 26.2 Å². The van der Waals surface area contributed by atoms with Crippen LogP contribution < -0.4 is 9.80 Å². The highest BCUT2D eigenvalue weighted by molar-refractivity contribution is 6.03. The zero-order valence-electron chi connectivity index (χ0n) is 30.2. The summed E-state index contributed by atoms with van der Waals surface area (Å²) in [6.45, 7) is 14.1. The highest BCUT2D eigenvalue weighted by Gasteiger charge is 2.17. The molecule has 2 rings (SSSR count). The third-order valence-electron chi connectivity index (χ3n) is 9.67. The Kier molecular flexibility index (Phi) is 23.2. The molecule has 44 heavy (non-hydrogen) atoms. The van der Waals surface area contributed by atoms with E-state index in [1.165, 1.54) is 202 Å². The lowest BCUT2D eigenvalue weighted by Gasteiger charge is -2.31. The normalized spacial score (nSPS) is 11.5. The van der Waals surface area contributed by atoms with Crippen LogP contribution in [0.4, 0.5) is 11.4 Å². The first-order valence-electron chi connectivity index (χ1n) is 19.8. The lowest BCUT2D eigenvalue weighted by Crippen LogP contribution is -2.28. The molecule has 0 saturated carbocycles. The van der Waals surface area contributed by atoms with E-state index in [0.717, 1.165) is 0 Å². The van der Waals surface area contributed by atoms with E-state index in [9.17, 15) is 0 Å². The molecule has 0 aliphatic heterocycles. The van der Waals surface area contributed by atoms with Gasteiger partial charge < -0.3 is 9.80 Å². The first-order valence-corrected chi connectivity index (χ1v) is 19.8. The molecule has 0 amide bonds. The molecule has 0 N–H and O–H groups in total. The van der Waals surface area contributed by atoms with E-state index in [1.54, 1.807) is 0 Å². The van der Waals surface area contributed by atoms with Crippen molar-refractivity contribution in [1.82, 2.24) is 0 Å². The van der Waals surface area contributed by atoms with Crippen molar-refractivity contribution in [1.29, 1.82) is 0 Å². The van der Waals surface area contributed by atoms with Crippen molar-refractivity contribution in [3.63, 3.8) is 0 Å². The Hall–Kier alpha value is -1.70. The van der Waals surface area contributed by atoms with Crippen molar-refractivity contribution in [3.8, 4) is 0 Å². The van der Waals surface area contributed by atoms with Gasteiger partial charge in [-0.15, -0.1) is 0 Å². The van der Waals surface area contributed by atoms with Crippen molar-refractivity contribution < 1.29 is 0 Å². The lowest BCUT2D eigenvalue weighted by molar-refractivity contribution is 0.574. The lowest BCUT2D eigenvalue weighted by atomic mass is 10.0. The molecule has 0 saturated heterocycles. The molecule has 0 radical (unpaired) electrons. The van der Waals surface area contributed by atoms with Gasteiger partial charge in [0, 0.05) is 42.9 Å². The summed E-state index contributed by atoms with van der Waals surface area (Å²) in [5, 5.41) is 2.94. The highest BCUT2D eigenvalue weighted by atomic mass is 15.1. The molecule has 0 heterocycles. The minimum atomic E-state index is 1.20. The number of anilines is 2. The molecule has 0 aromatic heterocycles. The van der Waals surface area contributed by atoms with Gasteiger partial charge in [0.2, 0.25) is 0 Å². The average Bonchev–Trinajstić information content (AvgIpc) is 3.05. The van der Waals surface area contributed by atoms with Crippen molar-refractivity contribution in [2.24, 2.45) is 0 Å². The molecule has 0 spiro atoms. The molecule has 2 aromatic carbocycles. The Balaban J connectivity index is 2.26. The Labute approximate surface area is 275 Å². The first kappa shape index (κ1) is 38.5. The number of benzene rings is 2. The number of fused-ring (bicyclic) bond motifs is 1. The smallest absolute Gasteiger partial charge is 0.0466 e. The van der Waals surface area contributed by atoms with Crippen LogP contribution >= 0.6 is 0 Å². The van der Waals surface area contributed by atoms with Crippen molar-refractivity contribution in [3.05, 3.63) is 36.4 Å². The van der Waals surface area contributed by atoms with Crippen LogP contribution in [0.25, 0.3) is 10.8 Å². The largest absolute Gasteiger partial charge is 0.371 e. The zero-order valence-corrected chi connectivity index (χ0v) is 30.2. The van der Waals surface area contributed by atoms with Gasteiger partial charge in [0.1, 0.15) is 0 Å². The third-order valence-corrected chi connectivity index (χ3v) is 9.67. The number of hydrogen-bond donors (Lipinski definition) is 0. The van der Waals surface area contributed by atoms with E-state index in [4.69, 9.17) is 0 Å². The average molecular weight is 607 g/mol. The Morgan fingerprint density at radius 1 is 0.341 bits per heavy atom. The van der Waals surface area contributed by atoms with Gasteiger partial charge >= 0.3 is 0 Å². The number of unbranched alkanes of at least 4 members (excludes halogenated alkanes) is 20. The molecule has 0 aliphatic carbocycles. The molecule has 252 valence electrons. The SMILES string of the molecule is CCCCCCCCN(CCCCCCCC)c1cccc2cccc(N(CCCCCCCC)CCCCCCCC)c12. The van der Waals surface area contributed by atoms with E-state index < -0.39 is 0 Å². The number of rotatable bonds is 30. The van der Waals surface area contributed by atoms with Gasteiger partial charge in [-0.25, -0.2) is 0 Å². The van der Waals surface area contributed by atoms with Gasteiger partial charge in [-0.05, 0) is 43.2 Å². The molecular weight excluding hydrogens is 532 g/mol. The van der Waals surface area contributed by atoms with Gasteiger partial charge in [0.15, 0.2) is 0 Å². The number of hydrogen-bond acceptors (Lipinski definition) is 2. The predicted molar refractivity (Wildman–Crippen MR) is 202 cm³/mol. The van der Waals surface area contributed by atoms with E-state index in [1.807, 2.05) is 0 Å². The van der Waals surface area contributed by atoms with Crippen molar-refractivity contribution in [2.75, 3.05) is 36.0 Å². The second-order valence-electron chi connectivity index (χ2n) is 13.7. The topological polar surface area (TPSA) is 6.48 Å². The second-order valence-corrected chi connectivity index (χ2v) is 13.7. The Morgan fingerprint density at radius 2 is 0.614 bits per heavy atom. The summed E-state index contributed by atoms with van der Waals surface area (Å²) in [4.78, 5) is 5.58. The minimum absolute atomic E-state index is 1.20. The van der Waals surface area contributed by atoms with E-state index >= 15 is 0 Å².